The number of hydrogen-bond acceptors (Lipinski definition) is 6. The second-order valence-corrected chi connectivity index (χ2v) is 7.76. The molecule has 0 spiro atoms. The number of hydrogen-bond donors (Lipinski definition) is 1. The molecule has 0 saturated heterocycles. The molecule has 3 rings (SSSR count). The Labute approximate surface area is 188 Å². The number of aromatic nitrogens is 3. The van der Waals surface area contributed by atoms with Gasteiger partial charge < -0.3 is 14.8 Å². The molecule has 3 aromatic rings. The van der Waals surface area contributed by atoms with Crippen molar-refractivity contribution in [1.29, 1.82) is 5.26 Å². The predicted molar refractivity (Wildman–Crippen MR) is 119 cm³/mol. The molecule has 162 valence electrons. The molecule has 0 bridgehead atoms. The van der Waals surface area contributed by atoms with E-state index >= 15 is 4.39 Å². The van der Waals surface area contributed by atoms with E-state index < -0.39 is 11.9 Å². The first kappa shape index (κ1) is 22.6. The van der Waals surface area contributed by atoms with E-state index in [9.17, 15) is 0 Å². The van der Waals surface area contributed by atoms with Crippen LogP contribution in [0, 0.1) is 17.1 Å². The molecule has 0 aliphatic rings. The number of aryl methyl sites for hydroxylation is 1. The Hall–Kier alpha value is -3.12. The molecule has 31 heavy (non-hydrogen) atoms. The summed E-state index contributed by atoms with van der Waals surface area (Å²) in [6.45, 7) is 5.95. The van der Waals surface area contributed by atoms with Gasteiger partial charge in [0.05, 0.1) is 24.3 Å². The molecule has 1 heterocycles. The van der Waals surface area contributed by atoms with Gasteiger partial charge in [0.15, 0.2) is 17.4 Å². The minimum Gasteiger partial charge on any atom is -0.494 e. The molecule has 2 aromatic carbocycles. The fourth-order valence-corrected chi connectivity index (χ4v) is 3.52. The molecule has 1 N–H and O–H groups in total. The SMILES string of the molecule is CCOc1cc(OC(C)C)c(F)c(C(Nc2ccc(C#N)cc2)c2nc(Br)nn2C)c1. The maximum absolute atomic E-state index is 15.6. The largest absolute Gasteiger partial charge is 0.494 e. The van der Waals surface area contributed by atoms with Gasteiger partial charge in [-0.3, -0.25) is 0 Å². The van der Waals surface area contributed by atoms with Crippen molar-refractivity contribution in [3.05, 3.63) is 63.9 Å². The number of ether oxygens (including phenoxy) is 2. The Kier molecular flexibility index (Phi) is 7.13. The zero-order chi connectivity index (χ0) is 22.5. The molecule has 1 atom stereocenters. The van der Waals surface area contributed by atoms with Gasteiger partial charge in [0.2, 0.25) is 4.73 Å². The first-order chi connectivity index (χ1) is 14.8. The lowest BCUT2D eigenvalue weighted by Crippen LogP contribution is -2.19. The Morgan fingerprint density at radius 3 is 2.52 bits per heavy atom. The maximum atomic E-state index is 15.6. The van der Waals surface area contributed by atoms with E-state index in [1.165, 1.54) is 0 Å². The number of anilines is 1. The summed E-state index contributed by atoms with van der Waals surface area (Å²) in [7, 11) is 1.73. The highest BCUT2D eigenvalue weighted by molar-refractivity contribution is 9.10. The predicted octanol–water partition coefficient (Wildman–Crippen LogP) is 4.98. The van der Waals surface area contributed by atoms with Gasteiger partial charge in [-0.25, -0.2) is 14.1 Å². The Morgan fingerprint density at radius 2 is 1.97 bits per heavy atom. The summed E-state index contributed by atoms with van der Waals surface area (Å²) in [5, 5.41) is 16.6. The number of nitrogens with one attached hydrogen (secondary N) is 1. The van der Waals surface area contributed by atoms with E-state index in [4.69, 9.17) is 14.7 Å². The van der Waals surface area contributed by atoms with Gasteiger partial charge in [-0.1, -0.05) is 0 Å². The molecule has 1 aromatic heterocycles. The topological polar surface area (TPSA) is 85.0 Å². The lowest BCUT2D eigenvalue weighted by Gasteiger charge is -2.23. The van der Waals surface area contributed by atoms with Crippen molar-refractivity contribution in [3.8, 4) is 17.6 Å². The highest BCUT2D eigenvalue weighted by Gasteiger charge is 2.27. The van der Waals surface area contributed by atoms with Gasteiger partial charge in [0, 0.05) is 24.4 Å². The summed E-state index contributed by atoms with van der Waals surface area (Å²) in [6.07, 6.45) is -0.215. The maximum Gasteiger partial charge on any atom is 0.217 e. The van der Waals surface area contributed by atoms with Crippen LogP contribution in [0.4, 0.5) is 10.1 Å². The average molecular weight is 488 g/mol. The molecular weight excluding hydrogens is 465 g/mol. The van der Waals surface area contributed by atoms with Gasteiger partial charge in [-0.2, -0.15) is 5.26 Å². The van der Waals surface area contributed by atoms with Crippen LogP contribution in [0.5, 0.6) is 11.5 Å². The smallest absolute Gasteiger partial charge is 0.217 e. The van der Waals surface area contributed by atoms with Crippen LogP contribution in [-0.2, 0) is 7.05 Å². The molecule has 0 saturated carbocycles. The van der Waals surface area contributed by atoms with Crippen molar-refractivity contribution in [2.45, 2.75) is 32.9 Å². The van der Waals surface area contributed by atoms with Crippen LogP contribution in [0.2, 0.25) is 0 Å². The van der Waals surface area contributed by atoms with Gasteiger partial charge in [-0.15, -0.1) is 5.10 Å². The fraction of sp³-hybridized carbons (Fsp3) is 0.318. The van der Waals surface area contributed by atoms with Crippen LogP contribution >= 0.6 is 15.9 Å². The second kappa shape index (κ2) is 9.79. The van der Waals surface area contributed by atoms with Crippen LogP contribution in [0.25, 0.3) is 0 Å². The highest BCUT2D eigenvalue weighted by Crippen LogP contribution is 2.36. The average Bonchev–Trinajstić information content (AvgIpc) is 3.06. The molecule has 0 aliphatic heterocycles. The molecular formula is C22H23BrFN5O2. The number of rotatable bonds is 8. The number of nitriles is 1. The minimum absolute atomic E-state index is 0.101. The molecule has 7 nitrogen and oxygen atoms in total. The van der Waals surface area contributed by atoms with E-state index in [2.05, 4.69) is 37.4 Å². The third kappa shape index (κ3) is 5.33. The minimum atomic E-state index is -0.702. The van der Waals surface area contributed by atoms with E-state index in [0.29, 0.717) is 39.7 Å². The molecule has 0 radical (unpaired) electrons. The first-order valence-corrected chi connectivity index (χ1v) is 10.6. The van der Waals surface area contributed by atoms with Crippen molar-refractivity contribution < 1.29 is 13.9 Å². The van der Waals surface area contributed by atoms with Crippen LogP contribution in [-0.4, -0.2) is 27.5 Å². The molecule has 1 unspecified atom stereocenters. The van der Waals surface area contributed by atoms with Crippen molar-refractivity contribution in [1.82, 2.24) is 14.8 Å². The zero-order valence-electron chi connectivity index (χ0n) is 17.7. The summed E-state index contributed by atoms with van der Waals surface area (Å²) in [5.74, 6) is 0.563. The normalized spacial score (nSPS) is 11.8. The lowest BCUT2D eigenvalue weighted by atomic mass is 10.0. The highest BCUT2D eigenvalue weighted by atomic mass is 79.9. The van der Waals surface area contributed by atoms with E-state index in [0.717, 1.165) is 0 Å². The molecule has 0 amide bonds. The monoisotopic (exact) mass is 487 g/mol. The van der Waals surface area contributed by atoms with Crippen molar-refractivity contribution in [2.75, 3.05) is 11.9 Å². The van der Waals surface area contributed by atoms with E-state index in [-0.39, 0.29) is 11.9 Å². The second-order valence-electron chi connectivity index (χ2n) is 7.05. The first-order valence-electron chi connectivity index (χ1n) is 9.78. The van der Waals surface area contributed by atoms with E-state index in [1.807, 2.05) is 20.8 Å². The molecule has 0 aliphatic carbocycles. The van der Waals surface area contributed by atoms with Crippen LogP contribution in [0.3, 0.4) is 0 Å². The number of nitrogens with zero attached hydrogens (tertiary/aromatic N) is 4. The number of halogens is 2. The lowest BCUT2D eigenvalue weighted by molar-refractivity contribution is 0.228. The van der Waals surface area contributed by atoms with Crippen LogP contribution in [0.1, 0.15) is 43.8 Å². The van der Waals surface area contributed by atoms with Crippen molar-refractivity contribution >= 4 is 21.6 Å². The molecule has 9 heteroatoms. The summed E-state index contributed by atoms with van der Waals surface area (Å²) in [4.78, 5) is 4.43. The third-order valence-electron chi connectivity index (χ3n) is 4.38. The van der Waals surface area contributed by atoms with Gasteiger partial charge >= 0.3 is 0 Å². The van der Waals surface area contributed by atoms with Gasteiger partial charge in [-0.05, 0) is 67.0 Å². The summed E-state index contributed by atoms with van der Waals surface area (Å²) < 4.78 is 28.9. The van der Waals surface area contributed by atoms with Crippen LogP contribution < -0.4 is 14.8 Å². The summed E-state index contributed by atoms with van der Waals surface area (Å²) >= 11 is 3.28. The van der Waals surface area contributed by atoms with Gasteiger partial charge in [0.25, 0.3) is 0 Å². The zero-order valence-corrected chi connectivity index (χ0v) is 19.3. The fourth-order valence-electron chi connectivity index (χ4n) is 3.10. The summed E-state index contributed by atoms with van der Waals surface area (Å²) in [5.41, 5.74) is 1.52. The molecule has 0 fully saturated rings. The van der Waals surface area contributed by atoms with Gasteiger partial charge in [0.1, 0.15) is 11.8 Å². The van der Waals surface area contributed by atoms with Crippen molar-refractivity contribution in [3.63, 3.8) is 0 Å². The quantitative estimate of drug-likeness (QED) is 0.482. The van der Waals surface area contributed by atoms with E-state index in [1.54, 1.807) is 48.1 Å². The number of benzene rings is 2. The third-order valence-corrected chi connectivity index (χ3v) is 4.72. The summed E-state index contributed by atoms with van der Waals surface area (Å²) in [6, 6.07) is 11.5. The van der Waals surface area contributed by atoms with Crippen molar-refractivity contribution in [2.24, 2.45) is 7.05 Å². The van der Waals surface area contributed by atoms with Crippen LogP contribution in [0.15, 0.2) is 41.1 Å². The Bertz CT molecular complexity index is 1090. The Balaban J connectivity index is 2.14. The Morgan fingerprint density at radius 1 is 1.26 bits per heavy atom. The standard InChI is InChI=1S/C22H23BrFN5O2/c1-5-30-16-10-17(19(24)18(11-16)31-13(2)3)20(21-27-22(23)28-29(21)4)26-15-8-6-14(12-25)7-9-15/h6-11,13,20,26H,5H2,1-4H3.